The third-order valence-electron chi connectivity index (χ3n) is 8.12. The van der Waals surface area contributed by atoms with Crippen LogP contribution in [0.2, 0.25) is 10.0 Å². The van der Waals surface area contributed by atoms with Crippen molar-refractivity contribution in [3.8, 4) is 11.1 Å². The number of likely N-dealkylation sites (tertiary alicyclic amines) is 1. The highest BCUT2D eigenvalue weighted by atomic mass is 35.5. The molecular formula is C27H25Cl2N3O3S. The molecule has 1 N–H and O–H groups in total. The van der Waals surface area contributed by atoms with E-state index in [0.29, 0.717) is 29.4 Å². The van der Waals surface area contributed by atoms with E-state index in [1.807, 2.05) is 18.2 Å². The summed E-state index contributed by atoms with van der Waals surface area (Å²) in [5.74, 6) is -0.255. The molecule has 1 spiro atoms. The molecule has 1 aromatic carbocycles. The Hall–Kier alpha value is -2.03. The molecule has 2 aliphatic carbocycles. The van der Waals surface area contributed by atoms with Crippen molar-refractivity contribution in [2.24, 2.45) is 11.8 Å². The minimum atomic E-state index is -0.0905. The number of halogens is 2. The molecule has 3 unspecified atom stereocenters. The van der Waals surface area contributed by atoms with Crippen LogP contribution in [0.15, 0.2) is 30.5 Å². The number of piperidine rings is 1. The zero-order valence-corrected chi connectivity index (χ0v) is 21.9. The van der Waals surface area contributed by atoms with Crippen molar-refractivity contribution in [3.05, 3.63) is 50.9 Å². The van der Waals surface area contributed by atoms with Gasteiger partial charge in [0, 0.05) is 46.2 Å². The Kier molecular flexibility index (Phi) is 5.46. The first-order valence-corrected chi connectivity index (χ1v) is 14.1. The summed E-state index contributed by atoms with van der Waals surface area (Å²) in [6.45, 7) is 2.00. The maximum absolute atomic E-state index is 12.5. The molecule has 2 amide bonds. The van der Waals surface area contributed by atoms with Crippen LogP contribution < -0.4 is 5.32 Å². The van der Waals surface area contributed by atoms with E-state index in [1.54, 1.807) is 23.6 Å². The lowest BCUT2D eigenvalue weighted by Crippen LogP contribution is -2.57. The van der Waals surface area contributed by atoms with Gasteiger partial charge in [0.1, 0.15) is 0 Å². The Balaban J connectivity index is 1.23. The highest BCUT2D eigenvalue weighted by molar-refractivity contribution is 7.19. The molecule has 4 aliphatic rings. The largest absolute Gasteiger partial charge is 0.369 e. The van der Waals surface area contributed by atoms with Crippen molar-refractivity contribution in [3.63, 3.8) is 0 Å². The van der Waals surface area contributed by atoms with E-state index < -0.39 is 0 Å². The molecule has 4 fully saturated rings. The van der Waals surface area contributed by atoms with E-state index in [1.165, 1.54) is 11.3 Å². The van der Waals surface area contributed by atoms with Crippen LogP contribution in [-0.4, -0.2) is 46.5 Å². The van der Waals surface area contributed by atoms with Gasteiger partial charge in [-0.3, -0.25) is 19.5 Å². The Bertz CT molecular complexity index is 1400. The molecule has 3 atom stereocenters. The Labute approximate surface area is 222 Å². The predicted octanol–water partition coefficient (Wildman–Crippen LogP) is 5.23. The van der Waals surface area contributed by atoms with Crippen LogP contribution in [0.4, 0.5) is 0 Å². The molecule has 2 saturated carbocycles. The summed E-state index contributed by atoms with van der Waals surface area (Å²) in [7, 11) is 0. The smallest absolute Gasteiger partial charge is 0.233 e. The normalized spacial score (nSPS) is 26.5. The fourth-order valence-corrected chi connectivity index (χ4v) is 7.70. The maximum Gasteiger partial charge on any atom is 0.233 e. The number of pyridine rings is 1. The number of carbonyl (C=O) groups is 2. The third-order valence-corrected chi connectivity index (χ3v) is 9.81. The molecule has 2 saturated heterocycles. The van der Waals surface area contributed by atoms with Crippen LogP contribution >= 0.6 is 34.5 Å². The van der Waals surface area contributed by atoms with Crippen molar-refractivity contribution < 1.29 is 14.3 Å². The average molecular weight is 542 g/mol. The number of fused-ring (bicyclic) bond motifs is 2. The number of imide groups is 1. The van der Waals surface area contributed by atoms with Crippen molar-refractivity contribution in [2.75, 3.05) is 13.1 Å². The Morgan fingerprint density at radius 3 is 2.69 bits per heavy atom. The van der Waals surface area contributed by atoms with Gasteiger partial charge in [0.15, 0.2) is 0 Å². The van der Waals surface area contributed by atoms with Gasteiger partial charge in [-0.15, -0.1) is 11.3 Å². The van der Waals surface area contributed by atoms with Gasteiger partial charge in [0.05, 0.1) is 40.3 Å². The number of amides is 2. The van der Waals surface area contributed by atoms with Crippen LogP contribution in [-0.2, 0) is 27.3 Å². The molecule has 186 valence electrons. The highest BCUT2D eigenvalue weighted by Crippen LogP contribution is 2.48. The summed E-state index contributed by atoms with van der Waals surface area (Å²) in [5, 5.41) is 4.76. The molecule has 2 aliphatic heterocycles. The number of ether oxygens (including phenoxy) is 1. The average Bonchev–Trinajstić information content (AvgIpc) is 3.48. The van der Waals surface area contributed by atoms with Gasteiger partial charge in [-0.2, -0.15) is 0 Å². The second-order valence-electron chi connectivity index (χ2n) is 10.5. The minimum Gasteiger partial charge on any atom is -0.369 e. The highest BCUT2D eigenvalue weighted by Gasteiger charge is 2.58. The molecule has 0 bridgehead atoms. The van der Waals surface area contributed by atoms with E-state index in [-0.39, 0.29) is 35.4 Å². The number of hydrogen-bond acceptors (Lipinski definition) is 6. The van der Waals surface area contributed by atoms with Gasteiger partial charge in [-0.25, -0.2) is 0 Å². The zero-order chi connectivity index (χ0) is 24.6. The molecular weight excluding hydrogens is 517 g/mol. The first-order chi connectivity index (χ1) is 17.4. The lowest BCUT2D eigenvalue weighted by Gasteiger charge is -2.48. The van der Waals surface area contributed by atoms with Gasteiger partial charge in [-0.05, 0) is 61.1 Å². The Morgan fingerprint density at radius 1 is 1.14 bits per heavy atom. The van der Waals surface area contributed by atoms with Crippen LogP contribution in [0, 0.1) is 11.8 Å². The van der Waals surface area contributed by atoms with Gasteiger partial charge >= 0.3 is 0 Å². The van der Waals surface area contributed by atoms with E-state index in [0.717, 1.165) is 57.7 Å². The number of morpholine rings is 1. The van der Waals surface area contributed by atoms with E-state index >= 15 is 0 Å². The molecule has 4 heterocycles. The van der Waals surface area contributed by atoms with Gasteiger partial charge < -0.3 is 10.1 Å². The quantitative estimate of drug-likeness (QED) is 0.448. The number of rotatable bonds is 5. The number of carbonyl (C=O) groups excluding carboxylic acids is 2. The molecule has 6 nitrogen and oxygen atoms in total. The second-order valence-corrected chi connectivity index (χ2v) is 12.5. The number of hydrogen-bond donors (Lipinski definition) is 1. The molecule has 36 heavy (non-hydrogen) atoms. The van der Waals surface area contributed by atoms with Crippen LogP contribution in [0.1, 0.15) is 36.1 Å². The summed E-state index contributed by atoms with van der Waals surface area (Å²) in [5.41, 5.74) is 3.79. The fourth-order valence-electron chi connectivity index (χ4n) is 6.00. The predicted molar refractivity (Wildman–Crippen MR) is 140 cm³/mol. The summed E-state index contributed by atoms with van der Waals surface area (Å²) in [4.78, 5) is 31.9. The van der Waals surface area contributed by atoms with Crippen molar-refractivity contribution in [1.82, 2.24) is 15.2 Å². The topological polar surface area (TPSA) is 71.5 Å². The van der Waals surface area contributed by atoms with E-state index in [4.69, 9.17) is 27.9 Å². The second kappa shape index (κ2) is 8.50. The van der Waals surface area contributed by atoms with Crippen molar-refractivity contribution >= 4 is 56.6 Å². The van der Waals surface area contributed by atoms with Crippen LogP contribution in [0.3, 0.4) is 0 Å². The number of nitrogens with one attached hydrogen (secondary N) is 1. The molecule has 7 rings (SSSR count). The van der Waals surface area contributed by atoms with E-state index in [9.17, 15) is 9.59 Å². The Morgan fingerprint density at radius 2 is 1.94 bits per heavy atom. The molecule has 3 aromatic rings. The van der Waals surface area contributed by atoms with Crippen LogP contribution in [0.5, 0.6) is 0 Å². The van der Waals surface area contributed by atoms with E-state index in [2.05, 4.69) is 10.3 Å². The molecule has 9 heteroatoms. The zero-order valence-electron chi connectivity index (χ0n) is 19.6. The van der Waals surface area contributed by atoms with Gasteiger partial charge in [0.2, 0.25) is 11.8 Å². The van der Waals surface area contributed by atoms with Crippen molar-refractivity contribution in [2.45, 2.75) is 50.4 Å². The molecule has 2 aromatic heterocycles. The number of thiophene rings is 1. The van der Waals surface area contributed by atoms with Gasteiger partial charge in [0.25, 0.3) is 0 Å². The lowest BCUT2D eigenvalue weighted by atomic mass is 9.78. The SMILES string of the molecule is O=C1C2CC2C(=O)N1Cc1cc2nccc(-c3cc(Cl)cc(Cl)c3CC3CNCC4(CCC4)O3)c2s1. The number of aromatic nitrogens is 1. The number of nitrogens with zero attached hydrogens (tertiary/aromatic N) is 2. The first kappa shape index (κ1) is 23.1. The standard InChI is InChI=1S/C27H25Cl2N3O3S/c28-14-6-18(19(22(29)7-14)8-15-11-30-13-27(35-15)3-1-4-27)17-2-5-31-23-9-16(36-24(17)23)12-32-25(33)20-10-21(20)26(32)34/h2,5-7,9,15,20-21,30H,1,3-4,8,10-13H2. The summed E-state index contributed by atoms with van der Waals surface area (Å²) >= 11 is 14.8. The third kappa shape index (κ3) is 3.79. The summed E-state index contributed by atoms with van der Waals surface area (Å²) in [6, 6.07) is 7.73. The minimum absolute atomic E-state index is 0.0282. The molecule has 0 radical (unpaired) electrons. The van der Waals surface area contributed by atoms with Gasteiger partial charge in [-0.1, -0.05) is 23.2 Å². The fraction of sp³-hybridized carbons (Fsp3) is 0.444. The first-order valence-electron chi connectivity index (χ1n) is 12.5. The van der Waals surface area contributed by atoms with Crippen molar-refractivity contribution in [1.29, 1.82) is 0 Å². The van der Waals surface area contributed by atoms with Crippen LogP contribution in [0.25, 0.3) is 21.3 Å². The number of benzene rings is 1. The monoisotopic (exact) mass is 541 g/mol. The maximum atomic E-state index is 12.5. The summed E-state index contributed by atoms with van der Waals surface area (Å²) < 4.78 is 7.55. The summed E-state index contributed by atoms with van der Waals surface area (Å²) in [6.07, 6.45) is 6.64. The lowest BCUT2D eigenvalue weighted by molar-refractivity contribution is -0.156.